The van der Waals surface area contributed by atoms with Crippen molar-refractivity contribution in [1.82, 2.24) is 20.1 Å². The SMILES string of the molecule is O=c1c2ncccc2nnn1OP(=O)(c1ccccc1)c1ccccc1. The maximum Gasteiger partial charge on any atom is 0.332 e. The van der Waals surface area contributed by atoms with E-state index in [0.717, 1.165) is 0 Å². The lowest BCUT2D eigenvalue weighted by molar-refractivity contribution is 0.219. The van der Waals surface area contributed by atoms with E-state index in [1.54, 1.807) is 60.7 Å². The molecule has 4 aromatic rings. The van der Waals surface area contributed by atoms with E-state index in [1.807, 2.05) is 12.1 Å². The minimum atomic E-state index is -3.62. The Bertz CT molecular complexity index is 1120. The molecule has 4 rings (SSSR count). The van der Waals surface area contributed by atoms with E-state index in [1.165, 1.54) is 6.20 Å². The van der Waals surface area contributed by atoms with E-state index in [-0.39, 0.29) is 5.52 Å². The Kier molecular flexibility index (Phi) is 4.07. The molecule has 0 fully saturated rings. The third kappa shape index (κ3) is 2.78. The fraction of sp³-hybridized carbons (Fsp3) is 0. The summed E-state index contributed by atoms with van der Waals surface area (Å²) < 4.78 is 19.5. The highest BCUT2D eigenvalue weighted by atomic mass is 31.2. The van der Waals surface area contributed by atoms with Gasteiger partial charge in [-0.3, -0.25) is 9.36 Å². The molecule has 7 nitrogen and oxygen atoms in total. The highest BCUT2D eigenvalue weighted by Crippen LogP contribution is 2.40. The fourth-order valence-corrected chi connectivity index (χ4v) is 4.46. The monoisotopic (exact) mass is 364 g/mol. The van der Waals surface area contributed by atoms with Gasteiger partial charge in [0.05, 0.1) is 10.6 Å². The number of benzene rings is 2. The van der Waals surface area contributed by atoms with Crippen molar-refractivity contribution in [1.29, 1.82) is 0 Å². The Morgan fingerprint density at radius 1 is 0.846 bits per heavy atom. The van der Waals surface area contributed by atoms with Crippen LogP contribution in [0.1, 0.15) is 0 Å². The molecule has 0 radical (unpaired) electrons. The first-order chi connectivity index (χ1) is 12.7. The van der Waals surface area contributed by atoms with Crippen molar-refractivity contribution in [3.05, 3.63) is 89.3 Å². The molecular formula is C18H13N4O3P. The number of rotatable bonds is 4. The zero-order chi connectivity index (χ0) is 18.0. The Labute approximate surface area is 148 Å². The van der Waals surface area contributed by atoms with Crippen LogP contribution in [0.4, 0.5) is 0 Å². The summed E-state index contributed by atoms with van der Waals surface area (Å²) in [5.41, 5.74) is -0.190. The molecule has 128 valence electrons. The molecule has 0 N–H and O–H groups in total. The third-order valence-corrected chi connectivity index (χ3v) is 6.12. The van der Waals surface area contributed by atoms with Crippen LogP contribution in [-0.4, -0.2) is 20.1 Å². The molecule has 0 aliphatic carbocycles. The minimum Gasteiger partial charge on any atom is -0.326 e. The van der Waals surface area contributed by atoms with E-state index in [9.17, 15) is 9.36 Å². The van der Waals surface area contributed by atoms with Gasteiger partial charge in [0.25, 0.3) is 0 Å². The number of nitrogens with zero attached hydrogens (tertiary/aromatic N) is 4. The van der Waals surface area contributed by atoms with Crippen LogP contribution in [0.5, 0.6) is 0 Å². The minimum absolute atomic E-state index is 0.0928. The van der Waals surface area contributed by atoms with Gasteiger partial charge in [0, 0.05) is 6.20 Å². The maximum atomic E-state index is 13.8. The first-order valence-corrected chi connectivity index (χ1v) is 9.43. The standard InChI is InChI=1S/C18H13N4O3P/c23-18-17-16(12-7-13-19-17)20-21-22(18)25-26(24,14-8-3-1-4-9-14)15-10-5-2-6-11-15/h1-13H. The average Bonchev–Trinajstić information content (AvgIpc) is 2.71. The molecule has 8 heteroatoms. The number of pyridine rings is 1. The summed E-state index contributed by atoms with van der Waals surface area (Å²) in [6.45, 7) is 0. The van der Waals surface area contributed by atoms with Crippen LogP contribution in [0.15, 0.2) is 83.8 Å². The quantitative estimate of drug-likeness (QED) is 0.511. The third-order valence-electron chi connectivity index (χ3n) is 3.78. The van der Waals surface area contributed by atoms with Gasteiger partial charge in [0.15, 0.2) is 5.52 Å². The van der Waals surface area contributed by atoms with Crippen LogP contribution in [0, 0.1) is 0 Å². The van der Waals surface area contributed by atoms with Crippen LogP contribution in [-0.2, 0) is 4.57 Å². The average molecular weight is 364 g/mol. The van der Waals surface area contributed by atoms with Crippen molar-refractivity contribution in [3.63, 3.8) is 0 Å². The smallest absolute Gasteiger partial charge is 0.326 e. The second-order valence-corrected chi connectivity index (χ2v) is 7.74. The Balaban J connectivity index is 1.88. The zero-order valence-corrected chi connectivity index (χ0v) is 14.4. The summed E-state index contributed by atoms with van der Waals surface area (Å²) in [6.07, 6.45) is 1.48. The first kappa shape index (κ1) is 16.2. The molecule has 0 atom stereocenters. The normalized spacial score (nSPS) is 11.4. The number of fused-ring (bicyclic) bond motifs is 1. The molecule has 0 bridgehead atoms. The van der Waals surface area contributed by atoms with Crippen LogP contribution in [0.2, 0.25) is 0 Å². The van der Waals surface area contributed by atoms with E-state index < -0.39 is 12.9 Å². The summed E-state index contributed by atoms with van der Waals surface area (Å²) in [4.78, 5) is 17.3. The molecule has 2 aromatic carbocycles. The summed E-state index contributed by atoms with van der Waals surface area (Å²) in [5.74, 6) is 0. The Morgan fingerprint density at radius 3 is 2.08 bits per heavy atom. The van der Waals surface area contributed by atoms with E-state index in [2.05, 4.69) is 15.3 Å². The highest BCUT2D eigenvalue weighted by Gasteiger charge is 2.32. The summed E-state index contributed by atoms with van der Waals surface area (Å²) in [6, 6.07) is 20.7. The van der Waals surface area contributed by atoms with E-state index >= 15 is 0 Å². The lowest BCUT2D eigenvalue weighted by Crippen LogP contribution is -2.34. The predicted molar refractivity (Wildman–Crippen MR) is 97.9 cm³/mol. The second kappa shape index (κ2) is 6.54. The molecule has 0 aliphatic heterocycles. The van der Waals surface area contributed by atoms with Crippen LogP contribution >= 0.6 is 7.37 Å². The van der Waals surface area contributed by atoms with Gasteiger partial charge < -0.3 is 4.62 Å². The van der Waals surface area contributed by atoms with Crippen molar-refractivity contribution < 1.29 is 9.19 Å². The molecular weight excluding hydrogens is 351 g/mol. The van der Waals surface area contributed by atoms with Crippen molar-refractivity contribution in [3.8, 4) is 0 Å². The van der Waals surface area contributed by atoms with Gasteiger partial charge in [-0.1, -0.05) is 36.4 Å². The van der Waals surface area contributed by atoms with E-state index in [4.69, 9.17) is 4.62 Å². The van der Waals surface area contributed by atoms with Gasteiger partial charge in [-0.05, 0) is 46.5 Å². The molecule has 0 amide bonds. The van der Waals surface area contributed by atoms with Crippen LogP contribution < -0.4 is 20.8 Å². The zero-order valence-electron chi connectivity index (χ0n) is 13.5. The van der Waals surface area contributed by atoms with Gasteiger partial charge in [0.1, 0.15) is 5.52 Å². The highest BCUT2D eigenvalue weighted by molar-refractivity contribution is 7.74. The van der Waals surface area contributed by atoms with Gasteiger partial charge >= 0.3 is 12.9 Å². The summed E-state index contributed by atoms with van der Waals surface area (Å²) >= 11 is 0. The number of hydrogen-bond acceptors (Lipinski definition) is 6. The molecule has 2 aromatic heterocycles. The topological polar surface area (TPSA) is 87.0 Å². The Morgan fingerprint density at radius 2 is 1.46 bits per heavy atom. The van der Waals surface area contributed by atoms with Crippen molar-refractivity contribution in [2.75, 3.05) is 0 Å². The van der Waals surface area contributed by atoms with E-state index in [0.29, 0.717) is 21.0 Å². The van der Waals surface area contributed by atoms with Gasteiger partial charge in [-0.2, -0.15) is 0 Å². The lowest BCUT2D eigenvalue weighted by atomic mass is 10.4. The van der Waals surface area contributed by atoms with Crippen LogP contribution in [0.3, 0.4) is 0 Å². The molecule has 0 aliphatic rings. The van der Waals surface area contributed by atoms with Gasteiger partial charge in [-0.15, -0.1) is 5.10 Å². The second-order valence-electron chi connectivity index (χ2n) is 5.44. The van der Waals surface area contributed by atoms with Crippen molar-refractivity contribution >= 4 is 29.0 Å². The van der Waals surface area contributed by atoms with Crippen molar-refractivity contribution in [2.45, 2.75) is 0 Å². The fourth-order valence-electron chi connectivity index (χ4n) is 2.52. The number of hydrogen-bond donors (Lipinski definition) is 0. The molecule has 0 saturated carbocycles. The molecule has 26 heavy (non-hydrogen) atoms. The van der Waals surface area contributed by atoms with Crippen molar-refractivity contribution in [2.24, 2.45) is 0 Å². The summed E-state index contributed by atoms with van der Waals surface area (Å²) in [5, 5.41) is 8.57. The Hall–Kier alpha value is -3.31. The van der Waals surface area contributed by atoms with Crippen LogP contribution in [0.25, 0.3) is 11.0 Å². The molecule has 0 unspecified atom stereocenters. The largest absolute Gasteiger partial charge is 0.332 e. The first-order valence-electron chi connectivity index (χ1n) is 7.80. The predicted octanol–water partition coefficient (Wildman–Crippen LogP) is 1.54. The number of aromatic nitrogens is 4. The maximum absolute atomic E-state index is 13.8. The van der Waals surface area contributed by atoms with Gasteiger partial charge in [-0.25, -0.2) is 4.98 Å². The molecule has 0 spiro atoms. The molecule has 0 saturated heterocycles. The summed E-state index contributed by atoms with van der Waals surface area (Å²) in [7, 11) is -3.62. The lowest BCUT2D eigenvalue weighted by Gasteiger charge is -2.19. The molecule has 2 heterocycles. The van der Waals surface area contributed by atoms with Gasteiger partial charge in [0.2, 0.25) is 0 Å².